The Morgan fingerprint density at radius 3 is 2.44 bits per heavy atom. The minimum atomic E-state index is -1.13. The average molecular weight is 362 g/mol. The Labute approximate surface area is 151 Å². The fourth-order valence-corrected chi connectivity index (χ4v) is 3.51. The molecule has 1 saturated carbocycles. The predicted octanol–water partition coefficient (Wildman–Crippen LogP) is 3.39. The number of halogens is 1. The van der Waals surface area contributed by atoms with E-state index in [1.54, 1.807) is 42.2 Å². The zero-order chi connectivity index (χ0) is 18.0. The van der Waals surface area contributed by atoms with Crippen LogP contribution in [0.2, 0.25) is 5.02 Å². The Hall–Kier alpha value is -2.34. The standard InChI is InChI=1S/C18H20ClN3O3/c1-21(18(17(24)25)9-3-2-4-10-18)16(23)13-11-20-22(12-13)15-7-5-14(19)6-8-15/h5-8,11-12H,2-4,9-10H2,1H3,(H,24,25). The highest BCUT2D eigenvalue weighted by Gasteiger charge is 2.45. The monoisotopic (exact) mass is 361 g/mol. The molecule has 1 aromatic carbocycles. The number of rotatable bonds is 4. The first-order valence-electron chi connectivity index (χ1n) is 8.26. The molecule has 2 aromatic rings. The van der Waals surface area contributed by atoms with Crippen molar-refractivity contribution in [1.29, 1.82) is 0 Å². The van der Waals surface area contributed by atoms with Crippen molar-refractivity contribution < 1.29 is 14.7 Å². The van der Waals surface area contributed by atoms with Gasteiger partial charge in [0.15, 0.2) is 0 Å². The van der Waals surface area contributed by atoms with Gasteiger partial charge in [0.1, 0.15) is 5.54 Å². The Balaban J connectivity index is 1.85. The molecule has 0 radical (unpaired) electrons. The predicted molar refractivity (Wildman–Crippen MR) is 94.1 cm³/mol. The fraction of sp³-hybridized carbons (Fsp3) is 0.389. The number of carboxylic acid groups (broad SMARTS) is 1. The lowest BCUT2D eigenvalue weighted by atomic mass is 9.80. The summed E-state index contributed by atoms with van der Waals surface area (Å²) < 4.78 is 1.58. The van der Waals surface area contributed by atoms with Gasteiger partial charge < -0.3 is 10.0 Å². The molecule has 0 saturated heterocycles. The Morgan fingerprint density at radius 2 is 1.84 bits per heavy atom. The summed E-state index contributed by atoms with van der Waals surface area (Å²) in [5, 5.41) is 14.6. The van der Waals surface area contributed by atoms with E-state index in [0.29, 0.717) is 23.4 Å². The van der Waals surface area contributed by atoms with Gasteiger partial charge in [0, 0.05) is 18.3 Å². The number of aromatic nitrogens is 2. The molecule has 1 N–H and O–H groups in total. The van der Waals surface area contributed by atoms with E-state index in [2.05, 4.69) is 5.10 Å². The molecule has 0 aliphatic heterocycles. The molecule has 1 amide bonds. The second-order valence-corrected chi connectivity index (χ2v) is 6.85. The highest BCUT2D eigenvalue weighted by Crippen LogP contribution is 2.34. The van der Waals surface area contributed by atoms with E-state index >= 15 is 0 Å². The van der Waals surface area contributed by atoms with Crippen molar-refractivity contribution in [3.63, 3.8) is 0 Å². The maximum absolute atomic E-state index is 12.8. The van der Waals surface area contributed by atoms with Crippen molar-refractivity contribution in [1.82, 2.24) is 14.7 Å². The van der Waals surface area contributed by atoms with E-state index in [1.807, 2.05) is 0 Å². The molecule has 0 spiro atoms. The van der Waals surface area contributed by atoms with Crippen LogP contribution in [-0.2, 0) is 4.79 Å². The highest BCUT2D eigenvalue weighted by atomic mass is 35.5. The van der Waals surface area contributed by atoms with Crippen LogP contribution < -0.4 is 0 Å². The van der Waals surface area contributed by atoms with E-state index in [0.717, 1.165) is 24.9 Å². The van der Waals surface area contributed by atoms with Gasteiger partial charge in [-0.3, -0.25) is 4.79 Å². The molecule has 1 fully saturated rings. The first-order valence-corrected chi connectivity index (χ1v) is 8.64. The summed E-state index contributed by atoms with van der Waals surface area (Å²) in [7, 11) is 1.57. The molecular formula is C18H20ClN3O3. The highest BCUT2D eigenvalue weighted by molar-refractivity contribution is 6.30. The molecule has 1 aliphatic carbocycles. The third kappa shape index (κ3) is 3.26. The molecule has 6 nitrogen and oxygen atoms in total. The van der Waals surface area contributed by atoms with E-state index in [1.165, 1.54) is 11.1 Å². The molecule has 25 heavy (non-hydrogen) atoms. The number of carbonyl (C=O) groups excluding carboxylic acids is 1. The van der Waals surface area contributed by atoms with Gasteiger partial charge in [-0.2, -0.15) is 5.10 Å². The second kappa shape index (κ2) is 6.88. The zero-order valence-electron chi connectivity index (χ0n) is 14.0. The van der Waals surface area contributed by atoms with Gasteiger partial charge in [-0.25, -0.2) is 9.48 Å². The number of aliphatic carboxylic acids is 1. The third-order valence-electron chi connectivity index (χ3n) is 4.95. The number of likely N-dealkylation sites (N-methyl/N-ethyl adjacent to an activating group) is 1. The lowest BCUT2D eigenvalue weighted by Crippen LogP contribution is -2.56. The van der Waals surface area contributed by atoms with Crippen LogP contribution in [0, 0.1) is 0 Å². The lowest BCUT2D eigenvalue weighted by molar-refractivity contribution is -0.151. The maximum Gasteiger partial charge on any atom is 0.329 e. The molecule has 132 valence electrons. The van der Waals surface area contributed by atoms with Gasteiger partial charge in [-0.05, 0) is 37.1 Å². The topological polar surface area (TPSA) is 75.4 Å². The van der Waals surface area contributed by atoms with Crippen molar-refractivity contribution in [3.8, 4) is 5.69 Å². The molecule has 3 rings (SSSR count). The van der Waals surface area contributed by atoms with Crippen molar-refractivity contribution in [2.45, 2.75) is 37.6 Å². The quantitative estimate of drug-likeness (QED) is 0.905. The number of carboxylic acids is 1. The van der Waals surface area contributed by atoms with Crippen molar-refractivity contribution >= 4 is 23.5 Å². The second-order valence-electron chi connectivity index (χ2n) is 6.41. The summed E-state index contributed by atoms with van der Waals surface area (Å²) in [6, 6.07) is 7.08. The number of hydrogen-bond donors (Lipinski definition) is 1. The Bertz CT molecular complexity index is 779. The number of amides is 1. The van der Waals surface area contributed by atoms with Crippen LogP contribution in [0.1, 0.15) is 42.5 Å². The molecule has 0 unspecified atom stereocenters. The SMILES string of the molecule is CN(C(=O)c1cnn(-c2ccc(Cl)cc2)c1)C1(C(=O)O)CCCCC1. The first-order chi connectivity index (χ1) is 11.9. The number of hydrogen-bond acceptors (Lipinski definition) is 3. The minimum absolute atomic E-state index is 0.329. The summed E-state index contributed by atoms with van der Waals surface area (Å²) in [6.07, 6.45) is 6.67. The van der Waals surface area contributed by atoms with Gasteiger partial charge in [-0.15, -0.1) is 0 Å². The minimum Gasteiger partial charge on any atom is -0.479 e. The summed E-state index contributed by atoms with van der Waals surface area (Å²) in [6.45, 7) is 0. The van der Waals surface area contributed by atoms with Crippen molar-refractivity contribution in [2.75, 3.05) is 7.05 Å². The van der Waals surface area contributed by atoms with Crippen LogP contribution >= 0.6 is 11.6 Å². The normalized spacial score (nSPS) is 16.4. The van der Waals surface area contributed by atoms with Gasteiger partial charge in [0.2, 0.25) is 0 Å². The van der Waals surface area contributed by atoms with Crippen LogP contribution in [0.5, 0.6) is 0 Å². The largest absolute Gasteiger partial charge is 0.479 e. The van der Waals surface area contributed by atoms with E-state index in [4.69, 9.17) is 11.6 Å². The van der Waals surface area contributed by atoms with Gasteiger partial charge in [0.25, 0.3) is 5.91 Å². The van der Waals surface area contributed by atoms with Crippen LogP contribution in [0.15, 0.2) is 36.7 Å². The number of nitrogens with zero attached hydrogens (tertiary/aromatic N) is 3. The molecule has 0 atom stereocenters. The van der Waals surface area contributed by atoms with E-state index in [9.17, 15) is 14.7 Å². The Morgan fingerprint density at radius 1 is 1.20 bits per heavy atom. The summed E-state index contributed by atoms with van der Waals surface area (Å²) in [4.78, 5) is 26.1. The summed E-state index contributed by atoms with van der Waals surface area (Å²) >= 11 is 5.88. The smallest absolute Gasteiger partial charge is 0.329 e. The number of benzene rings is 1. The van der Waals surface area contributed by atoms with Crippen LogP contribution in [0.4, 0.5) is 0 Å². The van der Waals surface area contributed by atoms with Crippen molar-refractivity contribution in [2.24, 2.45) is 0 Å². The lowest BCUT2D eigenvalue weighted by Gasteiger charge is -2.40. The summed E-state index contributed by atoms with van der Waals surface area (Å²) in [5.41, 5.74) is 0.0120. The summed E-state index contributed by atoms with van der Waals surface area (Å²) in [5.74, 6) is -1.27. The molecule has 1 heterocycles. The molecule has 7 heteroatoms. The first kappa shape index (κ1) is 17.5. The van der Waals surface area contributed by atoms with E-state index < -0.39 is 11.5 Å². The molecule has 1 aliphatic rings. The van der Waals surface area contributed by atoms with Gasteiger partial charge in [0.05, 0.1) is 17.4 Å². The fourth-order valence-electron chi connectivity index (χ4n) is 3.39. The van der Waals surface area contributed by atoms with Crippen molar-refractivity contribution in [3.05, 3.63) is 47.2 Å². The molecular weight excluding hydrogens is 342 g/mol. The Kier molecular flexibility index (Phi) is 4.81. The van der Waals surface area contributed by atoms with Crippen LogP contribution in [0.3, 0.4) is 0 Å². The van der Waals surface area contributed by atoms with Gasteiger partial charge in [-0.1, -0.05) is 30.9 Å². The van der Waals surface area contributed by atoms with Crippen LogP contribution in [0.25, 0.3) is 5.69 Å². The molecule has 1 aromatic heterocycles. The average Bonchev–Trinajstić information content (AvgIpc) is 3.11. The van der Waals surface area contributed by atoms with Gasteiger partial charge >= 0.3 is 5.97 Å². The maximum atomic E-state index is 12.8. The van der Waals surface area contributed by atoms with E-state index in [-0.39, 0.29) is 5.91 Å². The third-order valence-corrected chi connectivity index (χ3v) is 5.20. The number of carbonyl (C=O) groups is 2. The zero-order valence-corrected chi connectivity index (χ0v) is 14.7. The molecule has 0 bridgehead atoms. The van der Waals surface area contributed by atoms with Crippen LogP contribution in [-0.4, -0.2) is 44.3 Å².